The van der Waals surface area contributed by atoms with Gasteiger partial charge in [-0.3, -0.25) is 9.69 Å². The number of nitrogens with one attached hydrogen (secondary N) is 1. The Hall–Kier alpha value is -1.86. The summed E-state index contributed by atoms with van der Waals surface area (Å²) < 4.78 is 0. The molecule has 1 amide bonds. The van der Waals surface area contributed by atoms with Crippen molar-refractivity contribution in [3.8, 4) is 6.07 Å². The largest absolute Gasteiger partial charge is 0.357 e. The van der Waals surface area contributed by atoms with Crippen molar-refractivity contribution in [2.24, 2.45) is 4.99 Å². The molecule has 2 saturated heterocycles. The maximum atomic E-state index is 12.4. The number of nitrogens with zero attached hydrogens (tertiary/aromatic N) is 5. The van der Waals surface area contributed by atoms with Gasteiger partial charge in [-0.2, -0.15) is 5.26 Å². The maximum Gasteiger partial charge on any atom is 0.236 e. The third kappa shape index (κ3) is 6.85. The monoisotopic (exact) mass is 510 g/mol. The highest BCUT2D eigenvalue weighted by molar-refractivity contribution is 14.0. The molecule has 2 aliphatic rings. The molecule has 0 spiro atoms. The van der Waals surface area contributed by atoms with Crippen molar-refractivity contribution in [1.82, 2.24) is 20.0 Å². The van der Waals surface area contributed by atoms with Crippen LogP contribution in [0, 0.1) is 11.3 Å². The number of carbonyl (C=O) groups is 1. The summed E-state index contributed by atoms with van der Waals surface area (Å²) in [5.74, 6) is 1.18. The number of likely N-dealkylation sites (tertiary alicyclic amines) is 1. The molecule has 7 nitrogen and oxygen atoms in total. The number of amides is 1. The third-order valence-electron chi connectivity index (χ3n) is 5.32. The van der Waals surface area contributed by atoms with E-state index in [2.05, 4.69) is 28.1 Å². The van der Waals surface area contributed by atoms with Crippen LogP contribution in [-0.2, 0) is 11.3 Å². The van der Waals surface area contributed by atoms with E-state index < -0.39 is 0 Å². The van der Waals surface area contributed by atoms with Gasteiger partial charge >= 0.3 is 0 Å². The molecule has 0 aromatic heterocycles. The van der Waals surface area contributed by atoms with Gasteiger partial charge in [-0.1, -0.05) is 12.1 Å². The van der Waals surface area contributed by atoms with Crippen molar-refractivity contribution in [1.29, 1.82) is 5.26 Å². The summed E-state index contributed by atoms with van der Waals surface area (Å²) in [5.41, 5.74) is 1.75. The van der Waals surface area contributed by atoms with E-state index in [1.54, 1.807) is 0 Å². The van der Waals surface area contributed by atoms with Crippen molar-refractivity contribution < 1.29 is 4.79 Å². The highest BCUT2D eigenvalue weighted by atomic mass is 127. The SMILES string of the molecule is CCNC(=NCc1ccc(C#N)cc1)N1CCN(CC(=O)N2CCCC2)CC1.I. The number of hydrogen-bond donors (Lipinski definition) is 1. The third-order valence-corrected chi connectivity index (χ3v) is 5.32. The molecular formula is C21H31IN6O. The molecule has 2 aliphatic heterocycles. The van der Waals surface area contributed by atoms with Crippen LogP contribution in [0.5, 0.6) is 0 Å². The first-order chi connectivity index (χ1) is 13.7. The molecule has 1 N–H and O–H groups in total. The van der Waals surface area contributed by atoms with Crippen LogP contribution in [0.25, 0.3) is 0 Å². The zero-order chi connectivity index (χ0) is 19.8. The van der Waals surface area contributed by atoms with E-state index in [0.717, 1.165) is 70.2 Å². The summed E-state index contributed by atoms with van der Waals surface area (Å²) >= 11 is 0. The van der Waals surface area contributed by atoms with Gasteiger partial charge in [0.2, 0.25) is 5.91 Å². The van der Waals surface area contributed by atoms with Crippen LogP contribution < -0.4 is 5.32 Å². The van der Waals surface area contributed by atoms with Crippen LogP contribution in [0.3, 0.4) is 0 Å². The minimum absolute atomic E-state index is 0. The van der Waals surface area contributed by atoms with Gasteiger partial charge in [0.25, 0.3) is 0 Å². The van der Waals surface area contributed by atoms with Crippen molar-refractivity contribution in [3.05, 3.63) is 35.4 Å². The maximum absolute atomic E-state index is 12.4. The zero-order valence-corrected chi connectivity index (χ0v) is 19.5. The molecule has 0 atom stereocenters. The molecule has 2 fully saturated rings. The van der Waals surface area contributed by atoms with E-state index in [1.807, 2.05) is 29.2 Å². The first kappa shape index (κ1) is 23.4. The lowest BCUT2D eigenvalue weighted by atomic mass is 10.1. The standard InChI is InChI=1S/C21H30N6O.HI/c1-2-23-21(24-16-19-7-5-18(15-22)6-8-19)27-13-11-25(12-14-27)17-20(28)26-9-3-4-10-26;/h5-8H,2-4,9-14,16-17H2,1H3,(H,23,24);1H. The van der Waals surface area contributed by atoms with Crippen LogP contribution in [-0.4, -0.2) is 78.9 Å². The number of benzene rings is 1. The number of nitriles is 1. The second kappa shape index (κ2) is 12.0. The van der Waals surface area contributed by atoms with Gasteiger partial charge < -0.3 is 15.1 Å². The van der Waals surface area contributed by atoms with Crippen molar-refractivity contribution in [2.75, 3.05) is 52.4 Å². The molecule has 29 heavy (non-hydrogen) atoms. The fourth-order valence-electron chi connectivity index (χ4n) is 3.65. The normalized spacial score (nSPS) is 17.6. The Balaban J connectivity index is 0.00000300. The van der Waals surface area contributed by atoms with Gasteiger partial charge in [-0.25, -0.2) is 4.99 Å². The van der Waals surface area contributed by atoms with E-state index in [4.69, 9.17) is 10.3 Å². The quantitative estimate of drug-likeness (QED) is 0.372. The summed E-state index contributed by atoms with van der Waals surface area (Å²) in [6, 6.07) is 9.70. The number of guanidine groups is 1. The molecule has 0 radical (unpaired) electrons. The van der Waals surface area contributed by atoms with Gasteiger partial charge in [0.1, 0.15) is 0 Å². The van der Waals surface area contributed by atoms with E-state index in [-0.39, 0.29) is 29.9 Å². The van der Waals surface area contributed by atoms with E-state index in [0.29, 0.717) is 18.7 Å². The summed E-state index contributed by atoms with van der Waals surface area (Å²) in [7, 11) is 0. The second-order valence-electron chi connectivity index (χ2n) is 7.33. The summed E-state index contributed by atoms with van der Waals surface area (Å²) in [5, 5.41) is 12.3. The fourth-order valence-corrected chi connectivity index (χ4v) is 3.65. The predicted octanol–water partition coefficient (Wildman–Crippen LogP) is 1.88. The Kier molecular flexibility index (Phi) is 9.67. The topological polar surface area (TPSA) is 75.0 Å². The van der Waals surface area contributed by atoms with Crippen molar-refractivity contribution in [3.63, 3.8) is 0 Å². The van der Waals surface area contributed by atoms with Crippen LogP contribution in [0.15, 0.2) is 29.3 Å². The highest BCUT2D eigenvalue weighted by Gasteiger charge is 2.24. The van der Waals surface area contributed by atoms with Crippen LogP contribution in [0.1, 0.15) is 30.9 Å². The zero-order valence-electron chi connectivity index (χ0n) is 17.1. The molecule has 8 heteroatoms. The molecule has 0 aliphatic carbocycles. The molecule has 158 valence electrons. The highest BCUT2D eigenvalue weighted by Crippen LogP contribution is 2.10. The summed E-state index contributed by atoms with van der Waals surface area (Å²) in [4.78, 5) is 23.6. The van der Waals surface area contributed by atoms with Crippen LogP contribution in [0.4, 0.5) is 0 Å². The van der Waals surface area contributed by atoms with Crippen LogP contribution in [0.2, 0.25) is 0 Å². The van der Waals surface area contributed by atoms with E-state index in [1.165, 1.54) is 0 Å². The van der Waals surface area contributed by atoms with Gasteiger partial charge in [0.15, 0.2) is 5.96 Å². The smallest absolute Gasteiger partial charge is 0.236 e. The Morgan fingerprint density at radius 3 is 2.31 bits per heavy atom. The Morgan fingerprint density at radius 2 is 1.72 bits per heavy atom. The molecule has 1 aromatic carbocycles. The second-order valence-corrected chi connectivity index (χ2v) is 7.33. The lowest BCUT2D eigenvalue weighted by Crippen LogP contribution is -2.54. The minimum Gasteiger partial charge on any atom is -0.357 e. The summed E-state index contributed by atoms with van der Waals surface area (Å²) in [6.45, 7) is 9.34. The number of hydrogen-bond acceptors (Lipinski definition) is 4. The number of halogens is 1. The molecule has 0 bridgehead atoms. The Labute approximate surface area is 190 Å². The van der Waals surface area contributed by atoms with Gasteiger partial charge in [0.05, 0.1) is 24.7 Å². The minimum atomic E-state index is 0. The molecule has 0 unspecified atom stereocenters. The predicted molar refractivity (Wildman–Crippen MR) is 125 cm³/mol. The van der Waals surface area contributed by atoms with Gasteiger partial charge in [-0.15, -0.1) is 24.0 Å². The Morgan fingerprint density at radius 1 is 1.07 bits per heavy atom. The number of aliphatic imine (C=N–C) groups is 1. The first-order valence-corrected chi connectivity index (χ1v) is 10.2. The lowest BCUT2D eigenvalue weighted by molar-refractivity contribution is -0.131. The van der Waals surface area contributed by atoms with E-state index in [9.17, 15) is 4.79 Å². The van der Waals surface area contributed by atoms with Crippen molar-refractivity contribution in [2.45, 2.75) is 26.3 Å². The number of piperazine rings is 1. The fraction of sp³-hybridized carbons (Fsp3) is 0.571. The molecule has 2 heterocycles. The van der Waals surface area contributed by atoms with Gasteiger partial charge in [0, 0.05) is 45.8 Å². The van der Waals surface area contributed by atoms with E-state index >= 15 is 0 Å². The van der Waals surface area contributed by atoms with Gasteiger partial charge in [-0.05, 0) is 37.5 Å². The molecule has 0 saturated carbocycles. The molecule has 1 aromatic rings. The van der Waals surface area contributed by atoms with Crippen LogP contribution >= 0.6 is 24.0 Å². The number of rotatable bonds is 5. The lowest BCUT2D eigenvalue weighted by Gasteiger charge is -2.36. The van der Waals surface area contributed by atoms with Crippen molar-refractivity contribution >= 4 is 35.8 Å². The average molecular weight is 510 g/mol. The average Bonchev–Trinajstić information content (AvgIpc) is 3.27. The Bertz CT molecular complexity index is 716. The summed E-state index contributed by atoms with van der Waals surface area (Å²) in [6.07, 6.45) is 2.28. The first-order valence-electron chi connectivity index (χ1n) is 10.2. The molecular weight excluding hydrogens is 479 g/mol. The molecule has 3 rings (SSSR count). The number of carbonyl (C=O) groups excluding carboxylic acids is 1.